The quantitative estimate of drug-likeness (QED) is 0.711. The number of rotatable bonds is 2. The van der Waals surface area contributed by atoms with Crippen molar-refractivity contribution < 1.29 is 4.52 Å². The normalized spacial score (nSPS) is 14.4. The van der Waals surface area contributed by atoms with Gasteiger partial charge in [0.1, 0.15) is 5.69 Å². The molecule has 98 valence electrons. The van der Waals surface area contributed by atoms with Crippen LogP contribution in [0.3, 0.4) is 0 Å². The van der Waals surface area contributed by atoms with Gasteiger partial charge in [-0.15, -0.1) is 0 Å². The van der Waals surface area contributed by atoms with E-state index < -0.39 is 0 Å². The Morgan fingerprint density at radius 3 is 2.55 bits per heavy atom. The molecule has 0 N–H and O–H groups in total. The van der Waals surface area contributed by atoms with Crippen molar-refractivity contribution >= 4 is 0 Å². The second kappa shape index (κ2) is 4.52. The van der Waals surface area contributed by atoms with Crippen molar-refractivity contribution in [3.05, 3.63) is 59.9 Å². The zero-order valence-electron chi connectivity index (χ0n) is 10.7. The third kappa shape index (κ3) is 1.87. The van der Waals surface area contributed by atoms with Gasteiger partial charge in [0.2, 0.25) is 11.7 Å². The lowest BCUT2D eigenvalue weighted by Gasteiger charge is -2.00. The second-order valence-corrected chi connectivity index (χ2v) is 4.92. The molecule has 0 fully saturated rings. The molecule has 2 aromatic heterocycles. The van der Waals surface area contributed by atoms with E-state index in [0.717, 1.165) is 12.8 Å². The van der Waals surface area contributed by atoms with Crippen LogP contribution in [0, 0.1) is 0 Å². The van der Waals surface area contributed by atoms with E-state index in [0.29, 0.717) is 17.4 Å². The first kappa shape index (κ1) is 11.3. The Labute approximate surface area is 115 Å². The predicted molar refractivity (Wildman–Crippen MR) is 71.9 cm³/mol. The van der Waals surface area contributed by atoms with Crippen molar-refractivity contribution in [2.24, 2.45) is 0 Å². The molecule has 0 saturated carbocycles. The first-order valence-corrected chi connectivity index (χ1v) is 6.57. The molecule has 0 atom stereocenters. The number of aromatic nitrogens is 4. The minimum atomic E-state index is 0.269. The lowest BCUT2D eigenvalue weighted by atomic mass is 10.1. The Morgan fingerprint density at radius 2 is 1.85 bits per heavy atom. The molecule has 1 aromatic carbocycles. The molecule has 0 amide bonds. The molecule has 0 spiro atoms. The van der Waals surface area contributed by atoms with Crippen molar-refractivity contribution in [2.75, 3.05) is 0 Å². The zero-order valence-corrected chi connectivity index (χ0v) is 10.7. The van der Waals surface area contributed by atoms with Crippen LogP contribution in [0.2, 0.25) is 0 Å². The maximum absolute atomic E-state index is 5.41. The number of hydrogen-bond acceptors (Lipinski definition) is 5. The molecule has 3 aromatic rings. The van der Waals surface area contributed by atoms with Gasteiger partial charge in [0.25, 0.3) is 0 Å². The van der Waals surface area contributed by atoms with Crippen molar-refractivity contribution in [2.45, 2.75) is 18.8 Å². The smallest absolute Gasteiger partial charge is 0.230 e. The van der Waals surface area contributed by atoms with Gasteiger partial charge >= 0.3 is 0 Å². The Morgan fingerprint density at radius 1 is 1.05 bits per heavy atom. The van der Waals surface area contributed by atoms with Gasteiger partial charge in [-0.2, -0.15) is 4.98 Å². The number of fused-ring (bicyclic) bond motifs is 1. The molecule has 1 aliphatic carbocycles. The van der Waals surface area contributed by atoms with Gasteiger partial charge in [-0.1, -0.05) is 29.4 Å². The summed E-state index contributed by atoms with van der Waals surface area (Å²) in [5.74, 6) is 1.45. The minimum Gasteiger partial charge on any atom is -0.339 e. The average Bonchev–Trinajstić information content (AvgIpc) is 3.14. The number of hydrogen-bond donors (Lipinski definition) is 0. The highest BCUT2D eigenvalue weighted by Gasteiger charge is 2.27. The summed E-state index contributed by atoms with van der Waals surface area (Å²) in [6, 6.07) is 8.46. The van der Waals surface area contributed by atoms with Gasteiger partial charge in [-0.3, -0.25) is 4.98 Å². The van der Waals surface area contributed by atoms with Crippen LogP contribution in [0.5, 0.6) is 0 Å². The Hall–Kier alpha value is -2.56. The van der Waals surface area contributed by atoms with Crippen LogP contribution in [0.1, 0.15) is 22.9 Å². The predicted octanol–water partition coefficient (Wildman–Crippen LogP) is 2.41. The Bertz CT molecular complexity index is 713. The van der Waals surface area contributed by atoms with Crippen LogP contribution >= 0.6 is 0 Å². The number of benzene rings is 1. The summed E-state index contributed by atoms with van der Waals surface area (Å²) in [4.78, 5) is 12.7. The zero-order chi connectivity index (χ0) is 13.4. The first-order valence-electron chi connectivity index (χ1n) is 6.57. The van der Waals surface area contributed by atoms with E-state index in [4.69, 9.17) is 4.52 Å². The van der Waals surface area contributed by atoms with Crippen LogP contribution in [0.4, 0.5) is 0 Å². The summed E-state index contributed by atoms with van der Waals surface area (Å²) in [5, 5.41) is 4.01. The average molecular weight is 264 g/mol. The van der Waals surface area contributed by atoms with Crippen LogP contribution in [0.15, 0.2) is 47.4 Å². The minimum absolute atomic E-state index is 0.269. The first-order chi connectivity index (χ1) is 9.90. The summed E-state index contributed by atoms with van der Waals surface area (Å²) >= 11 is 0. The van der Waals surface area contributed by atoms with E-state index in [2.05, 4.69) is 44.4 Å². The topological polar surface area (TPSA) is 64.7 Å². The van der Waals surface area contributed by atoms with Gasteiger partial charge < -0.3 is 4.52 Å². The van der Waals surface area contributed by atoms with Gasteiger partial charge in [-0.05, 0) is 24.0 Å². The highest BCUT2D eigenvalue weighted by atomic mass is 16.5. The summed E-state index contributed by atoms with van der Waals surface area (Å²) < 4.78 is 5.41. The van der Waals surface area contributed by atoms with Gasteiger partial charge in [0.15, 0.2) is 0 Å². The van der Waals surface area contributed by atoms with Crippen molar-refractivity contribution in [1.82, 2.24) is 20.1 Å². The summed E-state index contributed by atoms with van der Waals surface area (Å²) in [6.45, 7) is 0. The molecule has 0 bridgehead atoms. The van der Waals surface area contributed by atoms with E-state index in [9.17, 15) is 0 Å². The van der Waals surface area contributed by atoms with E-state index in [1.807, 2.05) is 0 Å². The molecule has 4 rings (SSSR count). The molecule has 0 radical (unpaired) electrons. The van der Waals surface area contributed by atoms with E-state index >= 15 is 0 Å². The van der Waals surface area contributed by atoms with Crippen molar-refractivity contribution in [3.63, 3.8) is 0 Å². The van der Waals surface area contributed by atoms with Crippen LogP contribution in [-0.4, -0.2) is 20.1 Å². The monoisotopic (exact) mass is 264 g/mol. The van der Waals surface area contributed by atoms with Gasteiger partial charge in [0.05, 0.1) is 6.20 Å². The maximum atomic E-state index is 5.41. The number of nitrogens with zero attached hydrogens (tertiary/aromatic N) is 4. The molecule has 0 unspecified atom stereocenters. The van der Waals surface area contributed by atoms with Crippen LogP contribution in [-0.2, 0) is 12.8 Å². The van der Waals surface area contributed by atoms with Crippen LogP contribution in [0.25, 0.3) is 11.5 Å². The maximum Gasteiger partial charge on any atom is 0.230 e. The molecular weight excluding hydrogens is 252 g/mol. The molecule has 0 saturated heterocycles. The molecule has 20 heavy (non-hydrogen) atoms. The Balaban J connectivity index is 1.61. The standard InChI is InChI=1S/C15H12N4O/c1-2-4-11-8-12(7-10(11)3-1)15-18-14(19-20-15)13-9-16-5-6-17-13/h1-6,9,12H,7-8H2. The van der Waals surface area contributed by atoms with Gasteiger partial charge in [-0.25, -0.2) is 4.98 Å². The molecule has 5 nitrogen and oxygen atoms in total. The largest absolute Gasteiger partial charge is 0.339 e. The molecule has 5 heteroatoms. The van der Waals surface area contributed by atoms with Gasteiger partial charge in [0, 0.05) is 18.3 Å². The fourth-order valence-electron chi connectivity index (χ4n) is 2.65. The summed E-state index contributed by atoms with van der Waals surface area (Å²) in [7, 11) is 0. The van der Waals surface area contributed by atoms with E-state index in [1.165, 1.54) is 11.1 Å². The molecular formula is C15H12N4O. The van der Waals surface area contributed by atoms with Crippen LogP contribution < -0.4 is 0 Å². The highest BCUT2D eigenvalue weighted by Crippen LogP contribution is 2.33. The third-order valence-electron chi connectivity index (χ3n) is 3.63. The fourth-order valence-corrected chi connectivity index (χ4v) is 2.65. The third-order valence-corrected chi connectivity index (χ3v) is 3.63. The lowest BCUT2D eigenvalue weighted by Crippen LogP contribution is -1.98. The molecule has 1 aliphatic rings. The van der Waals surface area contributed by atoms with Crippen molar-refractivity contribution in [1.29, 1.82) is 0 Å². The molecule has 0 aliphatic heterocycles. The second-order valence-electron chi connectivity index (χ2n) is 4.92. The Kier molecular flexibility index (Phi) is 2.55. The highest BCUT2D eigenvalue weighted by molar-refractivity contribution is 5.46. The fraction of sp³-hybridized carbons (Fsp3) is 0.200. The van der Waals surface area contributed by atoms with Crippen molar-refractivity contribution in [3.8, 4) is 11.5 Å². The summed E-state index contributed by atoms with van der Waals surface area (Å²) in [5.41, 5.74) is 3.38. The summed E-state index contributed by atoms with van der Waals surface area (Å²) in [6.07, 6.45) is 6.80. The van der Waals surface area contributed by atoms with E-state index in [1.54, 1.807) is 18.6 Å². The lowest BCUT2D eigenvalue weighted by molar-refractivity contribution is 0.356. The molecule has 2 heterocycles. The van der Waals surface area contributed by atoms with E-state index in [-0.39, 0.29) is 5.92 Å². The SMILES string of the molecule is c1ccc2c(c1)CC(c1nc(-c3cnccn3)no1)C2.